The first kappa shape index (κ1) is 18.6. The third-order valence-corrected chi connectivity index (χ3v) is 6.40. The standard InChI is InChI=1S/C15H28N2O2S2/c1-6-7-16-10-14-8-15(13(5)20-14)21(18,19)17-9-12(4)11(2)3/h8,11-12,16-17H,6-7,9-10H2,1-5H3. The Morgan fingerprint density at radius 3 is 2.52 bits per heavy atom. The van der Waals surface area contributed by atoms with E-state index in [1.807, 2.05) is 6.92 Å². The average Bonchev–Trinajstić information content (AvgIpc) is 2.78. The summed E-state index contributed by atoms with van der Waals surface area (Å²) in [5.74, 6) is 0.787. The maximum atomic E-state index is 12.4. The zero-order valence-electron chi connectivity index (χ0n) is 13.7. The van der Waals surface area contributed by atoms with Crippen molar-refractivity contribution in [2.75, 3.05) is 13.1 Å². The Balaban J connectivity index is 2.74. The molecule has 21 heavy (non-hydrogen) atoms. The molecule has 0 aliphatic heterocycles. The van der Waals surface area contributed by atoms with Gasteiger partial charge in [-0.2, -0.15) is 0 Å². The van der Waals surface area contributed by atoms with Gasteiger partial charge in [0.25, 0.3) is 0 Å². The fourth-order valence-corrected chi connectivity index (χ4v) is 4.57. The van der Waals surface area contributed by atoms with Crippen LogP contribution in [-0.2, 0) is 16.6 Å². The molecule has 4 nitrogen and oxygen atoms in total. The van der Waals surface area contributed by atoms with E-state index in [0.717, 1.165) is 29.3 Å². The first-order chi connectivity index (χ1) is 9.77. The molecule has 1 rings (SSSR count). The van der Waals surface area contributed by atoms with Crippen molar-refractivity contribution in [2.45, 2.75) is 52.5 Å². The molecule has 0 aliphatic rings. The van der Waals surface area contributed by atoms with Gasteiger partial charge in [0.2, 0.25) is 10.0 Å². The van der Waals surface area contributed by atoms with Crippen LogP contribution in [0.4, 0.5) is 0 Å². The zero-order chi connectivity index (χ0) is 16.0. The van der Waals surface area contributed by atoms with Crippen LogP contribution in [0.3, 0.4) is 0 Å². The SMILES string of the molecule is CCCNCc1cc(S(=O)(=O)NCC(C)C(C)C)c(C)s1. The molecule has 0 radical (unpaired) electrons. The molecule has 6 heteroatoms. The third-order valence-electron chi connectivity index (χ3n) is 3.67. The van der Waals surface area contributed by atoms with Crippen LogP contribution in [0.1, 0.15) is 43.9 Å². The number of nitrogens with one attached hydrogen (secondary N) is 2. The summed E-state index contributed by atoms with van der Waals surface area (Å²) in [7, 11) is -3.40. The van der Waals surface area contributed by atoms with Gasteiger partial charge < -0.3 is 5.32 Å². The molecule has 1 heterocycles. The highest BCUT2D eigenvalue weighted by Crippen LogP contribution is 2.25. The van der Waals surface area contributed by atoms with E-state index in [1.165, 1.54) is 0 Å². The first-order valence-electron chi connectivity index (χ1n) is 7.57. The smallest absolute Gasteiger partial charge is 0.241 e. The molecule has 0 bridgehead atoms. The second kappa shape index (κ2) is 8.27. The van der Waals surface area contributed by atoms with Gasteiger partial charge in [-0.05, 0) is 37.8 Å². The van der Waals surface area contributed by atoms with Gasteiger partial charge in [0.1, 0.15) is 0 Å². The molecule has 0 spiro atoms. The number of rotatable bonds is 9. The summed E-state index contributed by atoms with van der Waals surface area (Å²) in [6.07, 6.45) is 1.07. The van der Waals surface area contributed by atoms with Crippen LogP contribution in [0, 0.1) is 18.8 Å². The lowest BCUT2D eigenvalue weighted by Crippen LogP contribution is -2.30. The molecule has 0 aromatic carbocycles. The Bertz CT molecular complexity index is 536. The summed E-state index contributed by atoms with van der Waals surface area (Å²) >= 11 is 1.55. The van der Waals surface area contributed by atoms with Crippen molar-refractivity contribution in [3.8, 4) is 0 Å². The van der Waals surface area contributed by atoms with Crippen molar-refractivity contribution in [1.29, 1.82) is 0 Å². The highest BCUT2D eigenvalue weighted by molar-refractivity contribution is 7.89. The van der Waals surface area contributed by atoms with Crippen LogP contribution in [0.15, 0.2) is 11.0 Å². The number of hydrogen-bond donors (Lipinski definition) is 2. The highest BCUT2D eigenvalue weighted by Gasteiger charge is 2.21. The molecule has 0 fully saturated rings. The van der Waals surface area contributed by atoms with Gasteiger partial charge in [-0.3, -0.25) is 0 Å². The molecule has 1 atom stereocenters. The van der Waals surface area contributed by atoms with E-state index < -0.39 is 10.0 Å². The third kappa shape index (κ3) is 5.70. The van der Waals surface area contributed by atoms with E-state index in [9.17, 15) is 8.42 Å². The van der Waals surface area contributed by atoms with E-state index in [4.69, 9.17) is 0 Å². The molecule has 1 aromatic heterocycles. The fraction of sp³-hybridized carbons (Fsp3) is 0.733. The van der Waals surface area contributed by atoms with Crippen LogP contribution in [0.25, 0.3) is 0 Å². The molecular formula is C15H28N2O2S2. The molecule has 0 saturated heterocycles. The van der Waals surface area contributed by atoms with Crippen molar-refractivity contribution in [3.05, 3.63) is 15.8 Å². The summed E-state index contributed by atoms with van der Waals surface area (Å²) in [4.78, 5) is 2.35. The van der Waals surface area contributed by atoms with Crippen LogP contribution in [0.5, 0.6) is 0 Å². The molecule has 0 amide bonds. The summed E-state index contributed by atoms with van der Waals surface area (Å²) in [5, 5.41) is 3.30. The monoisotopic (exact) mass is 332 g/mol. The van der Waals surface area contributed by atoms with E-state index in [2.05, 4.69) is 37.7 Å². The Kier molecular flexibility index (Phi) is 7.33. The van der Waals surface area contributed by atoms with Crippen LogP contribution in [-0.4, -0.2) is 21.5 Å². The van der Waals surface area contributed by atoms with Crippen LogP contribution in [0.2, 0.25) is 0 Å². The minimum Gasteiger partial charge on any atom is -0.312 e. The van der Waals surface area contributed by atoms with E-state index in [0.29, 0.717) is 23.3 Å². The van der Waals surface area contributed by atoms with Crippen LogP contribution < -0.4 is 10.0 Å². The second-order valence-electron chi connectivity index (χ2n) is 5.88. The van der Waals surface area contributed by atoms with Gasteiger partial charge in [0, 0.05) is 22.8 Å². The molecule has 0 saturated carbocycles. The summed E-state index contributed by atoms with van der Waals surface area (Å²) < 4.78 is 27.5. The molecule has 2 N–H and O–H groups in total. The summed E-state index contributed by atoms with van der Waals surface area (Å²) in [6.45, 7) is 12.4. The van der Waals surface area contributed by atoms with Crippen molar-refractivity contribution < 1.29 is 8.42 Å². The normalized spacial score (nSPS) is 13.8. The Morgan fingerprint density at radius 2 is 1.95 bits per heavy atom. The number of hydrogen-bond acceptors (Lipinski definition) is 4. The van der Waals surface area contributed by atoms with Crippen molar-refractivity contribution in [3.63, 3.8) is 0 Å². The second-order valence-corrected chi connectivity index (χ2v) is 8.96. The first-order valence-corrected chi connectivity index (χ1v) is 9.87. The molecule has 1 aromatic rings. The Morgan fingerprint density at radius 1 is 1.29 bits per heavy atom. The predicted molar refractivity (Wildman–Crippen MR) is 90.2 cm³/mol. The Hall–Kier alpha value is -0.430. The zero-order valence-corrected chi connectivity index (χ0v) is 15.3. The Labute approximate surface area is 133 Å². The quantitative estimate of drug-likeness (QED) is 0.683. The fourth-order valence-electron chi connectivity index (χ4n) is 1.82. The lowest BCUT2D eigenvalue weighted by molar-refractivity contribution is 0.414. The molecule has 122 valence electrons. The summed E-state index contributed by atoms with van der Waals surface area (Å²) in [6, 6.07) is 1.80. The molecule has 0 aliphatic carbocycles. The van der Waals surface area contributed by atoms with Gasteiger partial charge in [-0.25, -0.2) is 13.1 Å². The average molecular weight is 333 g/mol. The highest BCUT2D eigenvalue weighted by atomic mass is 32.2. The van der Waals surface area contributed by atoms with Crippen molar-refractivity contribution in [1.82, 2.24) is 10.0 Å². The van der Waals surface area contributed by atoms with Gasteiger partial charge in [-0.1, -0.05) is 27.7 Å². The van der Waals surface area contributed by atoms with E-state index in [-0.39, 0.29) is 0 Å². The minimum atomic E-state index is -3.40. The van der Waals surface area contributed by atoms with Gasteiger partial charge in [-0.15, -0.1) is 11.3 Å². The van der Waals surface area contributed by atoms with Gasteiger partial charge in [0.05, 0.1) is 4.90 Å². The number of thiophene rings is 1. The number of sulfonamides is 1. The molecule has 1 unspecified atom stereocenters. The minimum absolute atomic E-state index is 0.324. The summed E-state index contributed by atoms with van der Waals surface area (Å²) in [5.41, 5.74) is 0. The van der Waals surface area contributed by atoms with Gasteiger partial charge >= 0.3 is 0 Å². The topological polar surface area (TPSA) is 58.2 Å². The lowest BCUT2D eigenvalue weighted by Gasteiger charge is -2.16. The maximum Gasteiger partial charge on any atom is 0.241 e. The van der Waals surface area contributed by atoms with Gasteiger partial charge in [0.15, 0.2) is 0 Å². The predicted octanol–water partition coefficient (Wildman–Crippen LogP) is 3.13. The van der Waals surface area contributed by atoms with Crippen molar-refractivity contribution in [2.24, 2.45) is 11.8 Å². The van der Waals surface area contributed by atoms with E-state index >= 15 is 0 Å². The number of aryl methyl sites for hydroxylation is 1. The lowest BCUT2D eigenvalue weighted by atomic mass is 9.99. The van der Waals surface area contributed by atoms with E-state index in [1.54, 1.807) is 17.4 Å². The molecular weight excluding hydrogens is 304 g/mol. The van der Waals surface area contributed by atoms with Crippen molar-refractivity contribution >= 4 is 21.4 Å². The largest absolute Gasteiger partial charge is 0.312 e. The maximum absolute atomic E-state index is 12.4. The van der Waals surface area contributed by atoms with Crippen LogP contribution >= 0.6 is 11.3 Å².